The third-order valence-corrected chi connectivity index (χ3v) is 8.06. The van der Waals surface area contributed by atoms with E-state index in [1.807, 2.05) is 18.2 Å². The maximum absolute atomic E-state index is 12.9. The Hall–Kier alpha value is -2.66. The van der Waals surface area contributed by atoms with Crippen molar-refractivity contribution < 1.29 is 4.79 Å². The van der Waals surface area contributed by atoms with Gasteiger partial charge in [-0.05, 0) is 48.4 Å². The number of nitrogens with zero attached hydrogens (tertiary/aromatic N) is 2. The fourth-order valence-corrected chi connectivity index (χ4v) is 5.78. The smallest absolute Gasteiger partial charge is 0.251 e. The van der Waals surface area contributed by atoms with E-state index in [4.69, 9.17) is 4.98 Å². The quantitative estimate of drug-likeness (QED) is 0.410. The van der Waals surface area contributed by atoms with E-state index in [9.17, 15) is 4.79 Å². The number of aryl methyl sites for hydroxylation is 1. The molecule has 5 rings (SSSR count). The molecule has 0 unspecified atom stereocenters. The molecule has 2 aromatic carbocycles. The third kappa shape index (κ3) is 3.76. The first-order valence-corrected chi connectivity index (χ1v) is 12.2. The second-order valence-corrected chi connectivity index (χ2v) is 9.97. The van der Waals surface area contributed by atoms with Crippen molar-refractivity contribution in [1.82, 2.24) is 14.7 Å². The van der Waals surface area contributed by atoms with Gasteiger partial charge in [0.25, 0.3) is 5.91 Å². The highest BCUT2D eigenvalue weighted by molar-refractivity contribution is 7.23. The molecule has 160 valence electrons. The minimum absolute atomic E-state index is 0.0376. The summed E-state index contributed by atoms with van der Waals surface area (Å²) in [6, 6.07) is 14.9. The van der Waals surface area contributed by atoms with Crippen LogP contribution < -0.4 is 5.32 Å². The van der Waals surface area contributed by atoms with Crippen LogP contribution in [0.3, 0.4) is 0 Å². The summed E-state index contributed by atoms with van der Waals surface area (Å²) < 4.78 is 3.23. The maximum Gasteiger partial charge on any atom is 0.251 e. The third-order valence-electron chi connectivity index (χ3n) is 7.04. The van der Waals surface area contributed by atoms with Crippen molar-refractivity contribution in [3.05, 3.63) is 59.8 Å². The number of hydrogen-bond donors (Lipinski definition) is 1. The van der Waals surface area contributed by atoms with Gasteiger partial charge in [0.05, 0.1) is 15.9 Å². The van der Waals surface area contributed by atoms with E-state index in [0.29, 0.717) is 11.8 Å². The van der Waals surface area contributed by atoms with Gasteiger partial charge in [-0.2, -0.15) is 0 Å². The molecule has 31 heavy (non-hydrogen) atoms. The normalized spacial score (nSPS) is 21.6. The van der Waals surface area contributed by atoms with E-state index in [1.165, 1.54) is 18.4 Å². The van der Waals surface area contributed by atoms with Gasteiger partial charge in [0.1, 0.15) is 0 Å². The zero-order valence-electron chi connectivity index (χ0n) is 18.4. The molecule has 1 saturated carbocycles. The fourth-order valence-electron chi connectivity index (χ4n) is 4.73. The van der Waals surface area contributed by atoms with E-state index in [1.54, 1.807) is 11.3 Å². The number of imidazole rings is 1. The lowest BCUT2D eigenvalue weighted by Crippen LogP contribution is -2.43. The van der Waals surface area contributed by atoms with E-state index < -0.39 is 0 Å². The first kappa shape index (κ1) is 20.3. The van der Waals surface area contributed by atoms with Gasteiger partial charge >= 0.3 is 0 Å². The topological polar surface area (TPSA) is 46.4 Å². The SMILES string of the molecule is CCc1ccc(-c2cn3c(n2)sc2cc(C(=O)N[C@@H]4CCC[C@H](C)[C@@H]4C)ccc23)cc1. The van der Waals surface area contributed by atoms with E-state index >= 15 is 0 Å². The first-order valence-electron chi connectivity index (χ1n) is 11.4. The van der Waals surface area contributed by atoms with Gasteiger partial charge in [-0.1, -0.05) is 69.2 Å². The predicted molar refractivity (Wildman–Crippen MR) is 129 cm³/mol. The van der Waals surface area contributed by atoms with Gasteiger partial charge in [0.2, 0.25) is 0 Å². The number of carbonyl (C=O) groups is 1. The summed E-state index contributed by atoms with van der Waals surface area (Å²) in [5.41, 5.74) is 5.28. The zero-order valence-corrected chi connectivity index (χ0v) is 19.2. The molecule has 1 aliphatic carbocycles. The molecule has 2 heterocycles. The predicted octanol–water partition coefficient (Wildman–Crippen LogP) is 6.33. The van der Waals surface area contributed by atoms with Crippen molar-refractivity contribution in [2.75, 3.05) is 0 Å². The number of carbonyl (C=O) groups excluding carboxylic acids is 1. The van der Waals surface area contributed by atoms with Gasteiger partial charge in [0.15, 0.2) is 4.96 Å². The largest absolute Gasteiger partial charge is 0.349 e. The number of thiazole rings is 1. The molecule has 0 aliphatic heterocycles. The first-order chi connectivity index (χ1) is 15.0. The maximum atomic E-state index is 12.9. The molecule has 1 fully saturated rings. The second-order valence-electron chi connectivity index (χ2n) is 8.96. The van der Waals surface area contributed by atoms with Gasteiger partial charge in [-0.25, -0.2) is 4.98 Å². The molecule has 4 nitrogen and oxygen atoms in total. The van der Waals surface area contributed by atoms with Crippen LogP contribution in [0.15, 0.2) is 48.7 Å². The minimum Gasteiger partial charge on any atom is -0.349 e. The van der Waals surface area contributed by atoms with E-state index in [0.717, 1.165) is 44.8 Å². The summed E-state index contributed by atoms with van der Waals surface area (Å²) in [5, 5.41) is 3.29. The summed E-state index contributed by atoms with van der Waals surface area (Å²) in [6.45, 7) is 6.72. The van der Waals surface area contributed by atoms with Crippen LogP contribution in [0, 0.1) is 11.8 Å². The van der Waals surface area contributed by atoms with Gasteiger partial charge < -0.3 is 5.32 Å². The minimum atomic E-state index is 0.0376. The molecule has 5 heteroatoms. The number of benzene rings is 2. The van der Waals surface area contributed by atoms with E-state index in [-0.39, 0.29) is 11.9 Å². The summed E-state index contributed by atoms with van der Waals surface area (Å²) >= 11 is 1.64. The molecule has 1 N–H and O–H groups in total. The Labute approximate surface area is 187 Å². The van der Waals surface area contributed by atoms with Gasteiger partial charge in [-0.15, -0.1) is 0 Å². The number of nitrogens with one attached hydrogen (secondary N) is 1. The Morgan fingerprint density at radius 2 is 1.97 bits per heavy atom. The van der Waals surface area contributed by atoms with Gasteiger partial charge in [-0.3, -0.25) is 9.20 Å². The van der Waals surface area contributed by atoms with Crippen LogP contribution in [0.5, 0.6) is 0 Å². The Balaban J connectivity index is 1.40. The van der Waals surface area contributed by atoms with Crippen LogP contribution in [0.25, 0.3) is 26.4 Å². The number of fused-ring (bicyclic) bond motifs is 3. The Morgan fingerprint density at radius 1 is 1.16 bits per heavy atom. The number of rotatable bonds is 4. The van der Waals surface area contributed by atoms with Gasteiger partial charge in [0, 0.05) is 23.4 Å². The summed E-state index contributed by atoms with van der Waals surface area (Å²) in [4.78, 5) is 18.7. The lowest BCUT2D eigenvalue weighted by molar-refractivity contribution is 0.0891. The van der Waals surface area contributed by atoms with Crippen LogP contribution in [0.2, 0.25) is 0 Å². The molecule has 0 saturated heterocycles. The van der Waals surface area contributed by atoms with Crippen molar-refractivity contribution in [2.45, 2.75) is 52.5 Å². The van der Waals surface area contributed by atoms with Crippen LogP contribution in [-0.2, 0) is 6.42 Å². The van der Waals surface area contributed by atoms with Crippen LogP contribution >= 0.6 is 11.3 Å². The van der Waals surface area contributed by atoms with Crippen molar-refractivity contribution in [3.63, 3.8) is 0 Å². The van der Waals surface area contributed by atoms with Crippen LogP contribution in [-0.4, -0.2) is 21.3 Å². The summed E-state index contributed by atoms with van der Waals surface area (Å²) in [5.74, 6) is 1.23. The number of hydrogen-bond acceptors (Lipinski definition) is 3. The average Bonchev–Trinajstić information content (AvgIpc) is 3.34. The average molecular weight is 432 g/mol. The van der Waals surface area contributed by atoms with E-state index in [2.05, 4.69) is 61.0 Å². The Morgan fingerprint density at radius 3 is 2.74 bits per heavy atom. The second kappa shape index (κ2) is 8.12. The molecule has 1 aliphatic rings. The Kier molecular flexibility index (Phi) is 5.30. The molecule has 0 bridgehead atoms. The van der Waals surface area contributed by atoms with Crippen LogP contribution in [0.1, 0.15) is 56.0 Å². The number of amides is 1. The van der Waals surface area contributed by atoms with Crippen molar-refractivity contribution in [1.29, 1.82) is 0 Å². The monoisotopic (exact) mass is 431 g/mol. The van der Waals surface area contributed by atoms with Crippen molar-refractivity contribution in [2.24, 2.45) is 11.8 Å². The molecule has 0 radical (unpaired) electrons. The lowest BCUT2D eigenvalue weighted by Gasteiger charge is -2.34. The molecule has 2 aromatic heterocycles. The summed E-state index contributed by atoms with van der Waals surface area (Å²) in [6.07, 6.45) is 6.67. The molecular formula is C26H29N3OS. The molecule has 1 amide bonds. The summed E-state index contributed by atoms with van der Waals surface area (Å²) in [7, 11) is 0. The molecule has 4 aromatic rings. The molecule has 0 spiro atoms. The standard InChI is InChI=1S/C26H29N3OS/c1-4-18-8-10-19(11-9-18)22-15-29-23-13-12-20(14-24(23)31-26(29)28-22)25(30)27-21-7-5-6-16(2)17(21)3/h8-17,21H,4-7H2,1-3H3,(H,27,30)/t16-,17-,21+/m0/s1. The highest BCUT2D eigenvalue weighted by Gasteiger charge is 2.28. The zero-order chi connectivity index (χ0) is 21.5. The lowest BCUT2D eigenvalue weighted by atomic mass is 9.78. The van der Waals surface area contributed by atoms with Crippen molar-refractivity contribution in [3.8, 4) is 11.3 Å². The number of aromatic nitrogens is 2. The Bertz CT molecular complexity index is 1240. The molecule has 3 atom stereocenters. The highest BCUT2D eigenvalue weighted by atomic mass is 32.1. The van der Waals surface area contributed by atoms with Crippen molar-refractivity contribution >= 4 is 32.4 Å². The highest BCUT2D eigenvalue weighted by Crippen LogP contribution is 2.32. The van der Waals surface area contributed by atoms with Crippen LogP contribution in [0.4, 0.5) is 0 Å². The molecular weight excluding hydrogens is 402 g/mol. The fraction of sp³-hybridized carbons (Fsp3) is 0.385.